The Hall–Kier alpha value is -1.38. The first-order valence-corrected chi connectivity index (χ1v) is 7.05. The summed E-state index contributed by atoms with van der Waals surface area (Å²) in [6.45, 7) is 6.03. The smallest absolute Gasteiger partial charge is 0.255 e. The van der Waals surface area contributed by atoms with E-state index in [0.717, 1.165) is 39.3 Å². The van der Waals surface area contributed by atoms with Crippen molar-refractivity contribution in [2.24, 2.45) is 5.73 Å². The van der Waals surface area contributed by atoms with Gasteiger partial charge in [0.2, 0.25) is 0 Å². The number of carbonyl (C=O) groups is 1. The van der Waals surface area contributed by atoms with Crippen molar-refractivity contribution in [3.8, 4) is 0 Å². The molecule has 7 nitrogen and oxygen atoms in total. The number of piperazine rings is 1. The second kappa shape index (κ2) is 6.18. The van der Waals surface area contributed by atoms with Crippen LogP contribution in [-0.2, 0) is 0 Å². The number of nitrogen functional groups attached to an aromatic ring is 1. The van der Waals surface area contributed by atoms with Gasteiger partial charge in [0.05, 0.1) is 0 Å². The summed E-state index contributed by atoms with van der Waals surface area (Å²) in [7, 11) is 2.13. The maximum absolute atomic E-state index is 11.3. The Bertz CT molecular complexity index is 440. The number of carbonyl (C=O) groups excluding carboxylic acids is 1. The predicted molar refractivity (Wildman–Crippen MR) is 77.5 cm³/mol. The van der Waals surface area contributed by atoms with Crippen molar-refractivity contribution in [3.63, 3.8) is 0 Å². The van der Waals surface area contributed by atoms with E-state index in [9.17, 15) is 4.79 Å². The molecular formula is C11H20N6OS. The van der Waals surface area contributed by atoms with Crippen LogP contribution in [0.4, 0.5) is 10.8 Å². The summed E-state index contributed by atoms with van der Waals surface area (Å²) in [5.74, 6) is -0.326. The minimum atomic E-state index is -0.534. The summed E-state index contributed by atoms with van der Waals surface area (Å²) >= 11 is 1.18. The fourth-order valence-electron chi connectivity index (χ4n) is 2.06. The molecule has 0 aromatic carbocycles. The lowest BCUT2D eigenvalue weighted by Gasteiger charge is -2.32. The number of likely N-dealkylation sites (N-methyl/N-ethyl adjacent to an activating group) is 1. The molecule has 1 aliphatic heterocycles. The van der Waals surface area contributed by atoms with Gasteiger partial charge in [-0.05, 0) is 18.6 Å². The molecule has 0 spiro atoms. The molecule has 0 radical (unpaired) electrons. The van der Waals surface area contributed by atoms with Gasteiger partial charge in [0.1, 0.15) is 10.6 Å². The Kier molecular flexibility index (Phi) is 4.56. The maximum Gasteiger partial charge on any atom is 0.255 e. The third kappa shape index (κ3) is 3.55. The Balaban J connectivity index is 1.81. The van der Waals surface area contributed by atoms with E-state index in [4.69, 9.17) is 11.5 Å². The molecule has 1 amide bonds. The monoisotopic (exact) mass is 284 g/mol. The van der Waals surface area contributed by atoms with Crippen molar-refractivity contribution in [1.82, 2.24) is 14.2 Å². The molecule has 8 heteroatoms. The van der Waals surface area contributed by atoms with Gasteiger partial charge < -0.3 is 21.7 Å². The molecule has 1 aromatic rings. The first-order chi connectivity index (χ1) is 9.08. The minimum Gasteiger partial charge on any atom is -0.382 e. The number of aromatic nitrogens is 1. The zero-order valence-corrected chi connectivity index (χ0v) is 11.9. The van der Waals surface area contributed by atoms with Crippen molar-refractivity contribution >= 4 is 28.3 Å². The summed E-state index contributed by atoms with van der Waals surface area (Å²) in [6.07, 6.45) is 0. The van der Waals surface area contributed by atoms with Crippen LogP contribution in [0.1, 0.15) is 10.4 Å². The van der Waals surface area contributed by atoms with Gasteiger partial charge in [0.15, 0.2) is 5.82 Å². The molecule has 0 aliphatic carbocycles. The van der Waals surface area contributed by atoms with Crippen LogP contribution >= 0.6 is 11.5 Å². The molecule has 19 heavy (non-hydrogen) atoms. The molecule has 0 bridgehead atoms. The first-order valence-electron chi connectivity index (χ1n) is 6.27. The molecule has 1 fully saturated rings. The molecular weight excluding hydrogens is 264 g/mol. The summed E-state index contributed by atoms with van der Waals surface area (Å²) in [5, 5.41) is 3.86. The first kappa shape index (κ1) is 14.0. The van der Waals surface area contributed by atoms with E-state index < -0.39 is 5.91 Å². The zero-order valence-electron chi connectivity index (χ0n) is 11.1. The molecule has 0 saturated carbocycles. The van der Waals surface area contributed by atoms with E-state index in [-0.39, 0.29) is 5.82 Å². The largest absolute Gasteiger partial charge is 0.382 e. The number of anilines is 2. The zero-order chi connectivity index (χ0) is 13.8. The van der Waals surface area contributed by atoms with Crippen molar-refractivity contribution in [3.05, 3.63) is 5.56 Å². The number of nitrogens with zero attached hydrogens (tertiary/aromatic N) is 3. The third-order valence-electron chi connectivity index (χ3n) is 3.27. The van der Waals surface area contributed by atoms with Crippen LogP contribution in [0.5, 0.6) is 0 Å². The van der Waals surface area contributed by atoms with Crippen molar-refractivity contribution in [1.29, 1.82) is 0 Å². The topological polar surface area (TPSA) is 101 Å². The summed E-state index contributed by atoms with van der Waals surface area (Å²) in [5.41, 5.74) is 11.2. The van der Waals surface area contributed by atoms with Gasteiger partial charge in [-0.15, -0.1) is 0 Å². The highest BCUT2D eigenvalue weighted by Crippen LogP contribution is 2.25. The van der Waals surface area contributed by atoms with Gasteiger partial charge in [-0.25, -0.2) is 0 Å². The lowest BCUT2D eigenvalue weighted by atomic mass is 10.3. The van der Waals surface area contributed by atoms with Crippen LogP contribution in [0.2, 0.25) is 0 Å². The lowest BCUT2D eigenvalue weighted by molar-refractivity contribution is 0.100. The SMILES string of the molecule is CN1CCN(CCNc2snc(N)c2C(N)=O)CC1. The Morgan fingerprint density at radius 3 is 2.74 bits per heavy atom. The summed E-state index contributed by atoms with van der Waals surface area (Å²) in [6, 6.07) is 0. The van der Waals surface area contributed by atoms with Gasteiger partial charge in [-0.2, -0.15) is 4.37 Å². The predicted octanol–water partition coefficient (Wildman–Crippen LogP) is -0.516. The third-order valence-corrected chi connectivity index (χ3v) is 4.09. The average molecular weight is 284 g/mol. The Morgan fingerprint density at radius 2 is 2.11 bits per heavy atom. The lowest BCUT2D eigenvalue weighted by Crippen LogP contribution is -2.45. The molecule has 2 rings (SSSR count). The highest BCUT2D eigenvalue weighted by Gasteiger charge is 2.17. The van der Waals surface area contributed by atoms with Crippen LogP contribution in [0, 0.1) is 0 Å². The molecule has 0 unspecified atom stereocenters. The fraction of sp³-hybridized carbons (Fsp3) is 0.636. The summed E-state index contributed by atoms with van der Waals surface area (Å²) in [4.78, 5) is 16.0. The normalized spacial score (nSPS) is 17.5. The standard InChI is InChI=1S/C11H20N6OS/c1-16-4-6-17(7-5-16)3-2-14-11-8(10(13)18)9(12)15-19-11/h14H,2-7H2,1H3,(H2,12,15)(H2,13,18). The quantitative estimate of drug-likeness (QED) is 0.673. The van der Waals surface area contributed by atoms with Gasteiger partial charge in [0.25, 0.3) is 5.91 Å². The van der Waals surface area contributed by atoms with Crippen LogP contribution in [0.3, 0.4) is 0 Å². The highest BCUT2D eigenvalue weighted by molar-refractivity contribution is 7.11. The van der Waals surface area contributed by atoms with Gasteiger partial charge >= 0.3 is 0 Å². The van der Waals surface area contributed by atoms with E-state index in [1.54, 1.807) is 0 Å². The average Bonchev–Trinajstić information content (AvgIpc) is 2.73. The molecule has 106 valence electrons. The molecule has 2 heterocycles. The number of rotatable bonds is 5. The van der Waals surface area contributed by atoms with Crippen LogP contribution in [-0.4, -0.2) is 66.4 Å². The number of nitrogens with two attached hydrogens (primary N) is 2. The number of amides is 1. The van der Waals surface area contributed by atoms with E-state index in [2.05, 4.69) is 26.5 Å². The Labute approximate surface area is 116 Å². The number of nitrogens with one attached hydrogen (secondary N) is 1. The molecule has 1 aliphatic rings. The molecule has 1 aromatic heterocycles. The highest BCUT2D eigenvalue weighted by atomic mass is 32.1. The van der Waals surface area contributed by atoms with E-state index in [0.29, 0.717) is 10.6 Å². The van der Waals surface area contributed by atoms with E-state index in [1.165, 1.54) is 11.5 Å². The Morgan fingerprint density at radius 1 is 1.42 bits per heavy atom. The van der Waals surface area contributed by atoms with Crippen LogP contribution < -0.4 is 16.8 Å². The van der Waals surface area contributed by atoms with Crippen LogP contribution in [0.15, 0.2) is 0 Å². The number of primary amides is 1. The molecule has 1 saturated heterocycles. The van der Waals surface area contributed by atoms with Crippen LogP contribution in [0.25, 0.3) is 0 Å². The molecule has 5 N–H and O–H groups in total. The van der Waals surface area contributed by atoms with Crippen molar-refractivity contribution < 1.29 is 4.79 Å². The van der Waals surface area contributed by atoms with Gasteiger partial charge in [-0.3, -0.25) is 9.69 Å². The van der Waals surface area contributed by atoms with Crippen molar-refractivity contribution in [2.75, 3.05) is 57.4 Å². The minimum absolute atomic E-state index is 0.208. The van der Waals surface area contributed by atoms with Gasteiger partial charge in [-0.1, -0.05) is 0 Å². The van der Waals surface area contributed by atoms with Crippen molar-refractivity contribution in [2.45, 2.75) is 0 Å². The van der Waals surface area contributed by atoms with E-state index in [1.807, 2.05) is 0 Å². The molecule has 0 atom stereocenters. The maximum atomic E-state index is 11.3. The van der Waals surface area contributed by atoms with Gasteiger partial charge in [0, 0.05) is 39.3 Å². The second-order valence-corrected chi connectivity index (χ2v) is 5.48. The fourth-order valence-corrected chi connectivity index (χ4v) is 2.80. The number of hydrogen-bond acceptors (Lipinski definition) is 7. The number of hydrogen-bond donors (Lipinski definition) is 3. The summed E-state index contributed by atoms with van der Waals surface area (Å²) < 4.78 is 3.95. The second-order valence-electron chi connectivity index (χ2n) is 4.71. The van der Waals surface area contributed by atoms with E-state index >= 15 is 0 Å².